The van der Waals surface area contributed by atoms with Crippen molar-refractivity contribution >= 4 is 56.9 Å². The number of nitrogens with one attached hydrogen (secondary N) is 1. The quantitative estimate of drug-likeness (QED) is 0.333. The van der Waals surface area contributed by atoms with Gasteiger partial charge in [-0.25, -0.2) is 9.78 Å². The van der Waals surface area contributed by atoms with Crippen molar-refractivity contribution in [2.24, 2.45) is 0 Å². The van der Waals surface area contributed by atoms with Gasteiger partial charge in [0.25, 0.3) is 5.91 Å². The topological polar surface area (TPSA) is 68.3 Å². The van der Waals surface area contributed by atoms with Gasteiger partial charge in [-0.3, -0.25) is 4.79 Å². The first-order chi connectivity index (χ1) is 15.0. The van der Waals surface area contributed by atoms with Crippen LogP contribution in [0.3, 0.4) is 0 Å². The minimum Gasteiger partial charge on any atom is -0.467 e. The molecule has 31 heavy (non-hydrogen) atoms. The zero-order chi connectivity index (χ0) is 22.0. The largest absolute Gasteiger partial charge is 0.467 e. The number of amides is 1. The molecule has 1 atom stereocenters. The van der Waals surface area contributed by atoms with Gasteiger partial charge in [-0.05, 0) is 29.8 Å². The van der Waals surface area contributed by atoms with E-state index in [-0.39, 0.29) is 6.42 Å². The van der Waals surface area contributed by atoms with E-state index in [1.807, 2.05) is 48.5 Å². The van der Waals surface area contributed by atoms with Crippen LogP contribution in [-0.2, 0) is 16.0 Å². The van der Waals surface area contributed by atoms with Crippen molar-refractivity contribution in [3.05, 3.63) is 87.9 Å². The zero-order valence-corrected chi connectivity index (χ0v) is 18.1. The van der Waals surface area contributed by atoms with Crippen molar-refractivity contribution in [2.75, 3.05) is 7.11 Å². The Bertz CT molecular complexity index is 1250. The number of ether oxygens (including phenoxy) is 1. The van der Waals surface area contributed by atoms with E-state index >= 15 is 0 Å². The number of rotatable bonds is 5. The molecule has 1 amide bonds. The first kappa shape index (κ1) is 21.1. The fraction of sp³-hybridized carbons (Fsp3) is 0.125. The molecule has 0 fully saturated rings. The molecule has 0 aliphatic heterocycles. The SMILES string of the molecule is COC(=O)[C@H](Cc1ccc(Cl)cc1Cl)NC(=O)c1c2ccccc2nc2ccccc12. The molecule has 4 rings (SSSR count). The molecule has 1 heterocycles. The number of para-hydroxylation sites is 2. The second-order valence-corrected chi connectivity index (χ2v) is 7.85. The molecule has 5 nitrogen and oxygen atoms in total. The van der Waals surface area contributed by atoms with Crippen molar-refractivity contribution in [2.45, 2.75) is 12.5 Å². The van der Waals surface area contributed by atoms with Crippen LogP contribution in [0.5, 0.6) is 0 Å². The predicted molar refractivity (Wildman–Crippen MR) is 123 cm³/mol. The smallest absolute Gasteiger partial charge is 0.328 e. The number of esters is 1. The van der Waals surface area contributed by atoms with Crippen LogP contribution in [0.25, 0.3) is 21.8 Å². The summed E-state index contributed by atoms with van der Waals surface area (Å²) in [7, 11) is 1.28. The van der Waals surface area contributed by atoms with E-state index < -0.39 is 17.9 Å². The Morgan fingerprint density at radius 2 is 1.58 bits per heavy atom. The van der Waals surface area contributed by atoms with E-state index in [1.165, 1.54) is 7.11 Å². The second-order valence-electron chi connectivity index (χ2n) is 7.01. The van der Waals surface area contributed by atoms with Crippen LogP contribution in [0.4, 0.5) is 0 Å². The molecule has 0 aliphatic carbocycles. The molecule has 4 aromatic rings. The van der Waals surface area contributed by atoms with Crippen molar-refractivity contribution in [1.82, 2.24) is 10.3 Å². The maximum atomic E-state index is 13.4. The molecule has 0 saturated heterocycles. The highest BCUT2D eigenvalue weighted by molar-refractivity contribution is 6.35. The van der Waals surface area contributed by atoms with Gasteiger partial charge >= 0.3 is 5.97 Å². The van der Waals surface area contributed by atoms with Crippen molar-refractivity contribution in [3.63, 3.8) is 0 Å². The summed E-state index contributed by atoms with van der Waals surface area (Å²) in [5.41, 5.74) is 2.52. The summed E-state index contributed by atoms with van der Waals surface area (Å²) < 4.78 is 4.92. The summed E-state index contributed by atoms with van der Waals surface area (Å²) in [4.78, 5) is 30.5. The third-order valence-corrected chi connectivity index (χ3v) is 5.63. The minimum atomic E-state index is -0.929. The molecule has 156 valence electrons. The van der Waals surface area contributed by atoms with E-state index in [0.717, 1.165) is 0 Å². The third kappa shape index (κ3) is 4.33. The number of methoxy groups -OCH3 is 1. The lowest BCUT2D eigenvalue weighted by atomic mass is 10.0. The van der Waals surface area contributed by atoms with Gasteiger partial charge < -0.3 is 10.1 Å². The van der Waals surface area contributed by atoms with Gasteiger partial charge in [0, 0.05) is 27.2 Å². The third-order valence-electron chi connectivity index (χ3n) is 5.04. The number of fused-ring (bicyclic) bond motifs is 2. The van der Waals surface area contributed by atoms with Gasteiger partial charge in [0.1, 0.15) is 6.04 Å². The van der Waals surface area contributed by atoms with Crippen LogP contribution in [-0.4, -0.2) is 30.0 Å². The maximum Gasteiger partial charge on any atom is 0.328 e. The fourth-order valence-electron chi connectivity index (χ4n) is 3.56. The maximum absolute atomic E-state index is 13.4. The van der Waals surface area contributed by atoms with Crippen LogP contribution < -0.4 is 5.32 Å². The van der Waals surface area contributed by atoms with Gasteiger partial charge in [-0.1, -0.05) is 65.7 Å². The van der Waals surface area contributed by atoms with E-state index in [4.69, 9.17) is 27.9 Å². The summed E-state index contributed by atoms with van der Waals surface area (Å²) in [6.45, 7) is 0. The highest BCUT2D eigenvalue weighted by atomic mass is 35.5. The summed E-state index contributed by atoms with van der Waals surface area (Å²) >= 11 is 12.2. The molecule has 0 aliphatic rings. The van der Waals surface area contributed by atoms with Crippen LogP contribution in [0.2, 0.25) is 10.0 Å². The number of hydrogen-bond donors (Lipinski definition) is 1. The Balaban J connectivity index is 1.75. The molecule has 0 saturated carbocycles. The Hall–Kier alpha value is -3.15. The molecule has 7 heteroatoms. The molecule has 0 unspecified atom stereocenters. The van der Waals surface area contributed by atoms with Gasteiger partial charge in [-0.15, -0.1) is 0 Å². The van der Waals surface area contributed by atoms with E-state index in [2.05, 4.69) is 10.3 Å². The molecular formula is C24H18Cl2N2O3. The lowest BCUT2D eigenvalue weighted by Gasteiger charge is -2.19. The van der Waals surface area contributed by atoms with E-state index in [1.54, 1.807) is 18.2 Å². The van der Waals surface area contributed by atoms with Crippen LogP contribution in [0.1, 0.15) is 15.9 Å². The van der Waals surface area contributed by atoms with Crippen LogP contribution in [0, 0.1) is 0 Å². The monoisotopic (exact) mass is 452 g/mol. The molecule has 0 radical (unpaired) electrons. The van der Waals surface area contributed by atoms with Gasteiger partial charge in [-0.2, -0.15) is 0 Å². The number of nitrogens with zero attached hydrogens (tertiary/aromatic N) is 1. The zero-order valence-electron chi connectivity index (χ0n) is 16.6. The minimum absolute atomic E-state index is 0.162. The summed E-state index contributed by atoms with van der Waals surface area (Å²) in [6, 6.07) is 18.9. The number of carbonyl (C=O) groups excluding carboxylic acids is 2. The average molecular weight is 453 g/mol. The van der Waals surface area contributed by atoms with Gasteiger partial charge in [0.2, 0.25) is 0 Å². The molecular weight excluding hydrogens is 435 g/mol. The molecule has 0 bridgehead atoms. The normalized spacial score (nSPS) is 12.0. The van der Waals surface area contributed by atoms with Crippen molar-refractivity contribution in [1.29, 1.82) is 0 Å². The molecule has 1 aromatic heterocycles. The fourth-order valence-corrected chi connectivity index (χ4v) is 4.04. The highest BCUT2D eigenvalue weighted by Gasteiger charge is 2.25. The summed E-state index contributed by atoms with van der Waals surface area (Å²) in [5.74, 6) is -0.961. The first-order valence-electron chi connectivity index (χ1n) is 9.58. The Morgan fingerprint density at radius 1 is 0.968 bits per heavy atom. The van der Waals surface area contributed by atoms with Crippen molar-refractivity contribution in [3.8, 4) is 0 Å². The molecule has 0 spiro atoms. The Labute approximate surface area is 188 Å². The summed E-state index contributed by atoms with van der Waals surface area (Å²) in [5, 5.41) is 5.13. The standard InChI is InChI=1S/C24H18Cl2N2O3/c1-31-24(30)21(12-14-10-11-15(25)13-18(14)26)28-23(29)22-16-6-2-4-8-19(16)27-20-9-5-3-7-17(20)22/h2-11,13,21H,12H2,1H3,(H,28,29)/t21-/m0/s1. The lowest BCUT2D eigenvalue weighted by Crippen LogP contribution is -2.43. The predicted octanol–water partition coefficient (Wildman–Crippen LogP) is 5.21. The number of aromatic nitrogens is 1. The Morgan fingerprint density at radius 3 is 2.16 bits per heavy atom. The number of hydrogen-bond acceptors (Lipinski definition) is 4. The first-order valence-corrected chi connectivity index (χ1v) is 10.3. The molecule has 1 N–H and O–H groups in total. The Kier molecular flexibility index (Phi) is 6.07. The van der Waals surface area contributed by atoms with Crippen molar-refractivity contribution < 1.29 is 14.3 Å². The summed E-state index contributed by atoms with van der Waals surface area (Å²) in [6.07, 6.45) is 0.162. The van der Waals surface area contributed by atoms with E-state index in [9.17, 15) is 9.59 Å². The van der Waals surface area contributed by atoms with Gasteiger partial charge in [0.15, 0.2) is 0 Å². The number of carbonyl (C=O) groups is 2. The lowest BCUT2D eigenvalue weighted by molar-refractivity contribution is -0.142. The average Bonchev–Trinajstić information content (AvgIpc) is 2.77. The number of halogens is 2. The van der Waals surface area contributed by atoms with E-state index in [0.29, 0.717) is 43.0 Å². The second kappa shape index (κ2) is 8.92. The molecule has 3 aromatic carbocycles. The highest BCUT2D eigenvalue weighted by Crippen LogP contribution is 2.27. The van der Waals surface area contributed by atoms with Crippen LogP contribution >= 0.6 is 23.2 Å². The van der Waals surface area contributed by atoms with Crippen LogP contribution in [0.15, 0.2) is 66.7 Å². The van der Waals surface area contributed by atoms with Gasteiger partial charge in [0.05, 0.1) is 23.7 Å². The number of pyridine rings is 1. The number of benzene rings is 3.